The summed E-state index contributed by atoms with van der Waals surface area (Å²) in [6.07, 6.45) is 1.75. The fraction of sp³-hybridized carbons (Fsp3) is 0.200. The van der Waals surface area contributed by atoms with E-state index in [0.717, 1.165) is 22.1 Å². The summed E-state index contributed by atoms with van der Waals surface area (Å²) in [4.78, 5) is 5.16. The summed E-state index contributed by atoms with van der Waals surface area (Å²) in [5, 5.41) is 4.36. The lowest BCUT2D eigenvalue weighted by Crippen LogP contribution is -2.00. The van der Waals surface area contributed by atoms with Gasteiger partial charge in [-0.25, -0.2) is 9.67 Å². The van der Waals surface area contributed by atoms with Crippen LogP contribution in [0.4, 0.5) is 0 Å². The molecular weight excluding hydrogens is 194 g/mol. The topological polar surface area (TPSA) is 30.7 Å². The molecule has 0 unspecified atom stereocenters. The molecule has 72 valence electrons. The van der Waals surface area contributed by atoms with Crippen LogP contribution in [0.15, 0.2) is 29.3 Å². The molecule has 2 heterocycles. The van der Waals surface area contributed by atoms with Gasteiger partial charge in [0.2, 0.25) is 0 Å². The molecule has 0 bridgehead atoms. The smallest absolute Gasteiger partial charge is 0.153 e. The van der Waals surface area contributed by atoms with E-state index in [1.165, 1.54) is 0 Å². The number of nitrogens with zero attached hydrogens (tertiary/aromatic N) is 3. The van der Waals surface area contributed by atoms with E-state index < -0.39 is 0 Å². The fourth-order valence-electron chi connectivity index (χ4n) is 1.34. The first-order valence-corrected chi connectivity index (χ1v) is 4.81. The standard InChI is InChI=1S/C10H11N3S/c1-7-10(14)8(2)13(12-7)9-5-3-4-6-11-9/h3-6,14H,1-2H3. The number of aromatic nitrogens is 3. The van der Waals surface area contributed by atoms with Gasteiger partial charge in [0.1, 0.15) is 0 Å². The average Bonchev–Trinajstić information content (AvgIpc) is 2.47. The van der Waals surface area contributed by atoms with E-state index in [1.54, 1.807) is 10.9 Å². The van der Waals surface area contributed by atoms with Crippen molar-refractivity contribution < 1.29 is 0 Å². The molecule has 2 rings (SSSR count). The van der Waals surface area contributed by atoms with Crippen LogP contribution < -0.4 is 0 Å². The summed E-state index contributed by atoms with van der Waals surface area (Å²) in [5.74, 6) is 0.827. The van der Waals surface area contributed by atoms with Crippen LogP contribution in [0.1, 0.15) is 11.4 Å². The molecule has 3 nitrogen and oxygen atoms in total. The van der Waals surface area contributed by atoms with Crippen LogP contribution in [0.5, 0.6) is 0 Å². The minimum absolute atomic E-state index is 0.827. The van der Waals surface area contributed by atoms with Gasteiger partial charge in [-0.2, -0.15) is 5.10 Å². The Morgan fingerprint density at radius 2 is 2.07 bits per heavy atom. The lowest BCUT2D eigenvalue weighted by atomic mass is 10.4. The van der Waals surface area contributed by atoms with Gasteiger partial charge in [0.15, 0.2) is 5.82 Å². The van der Waals surface area contributed by atoms with Crippen LogP contribution in [0, 0.1) is 13.8 Å². The van der Waals surface area contributed by atoms with Crippen LogP contribution in [-0.4, -0.2) is 14.8 Å². The lowest BCUT2D eigenvalue weighted by Gasteiger charge is -2.01. The second kappa shape index (κ2) is 3.46. The monoisotopic (exact) mass is 205 g/mol. The molecule has 4 heteroatoms. The molecule has 0 N–H and O–H groups in total. The second-order valence-electron chi connectivity index (χ2n) is 3.12. The summed E-state index contributed by atoms with van der Waals surface area (Å²) in [6.45, 7) is 3.92. The highest BCUT2D eigenvalue weighted by Gasteiger charge is 2.09. The molecule has 2 aromatic rings. The summed E-state index contributed by atoms with van der Waals surface area (Å²) in [6, 6.07) is 5.75. The molecule has 0 amide bonds. The van der Waals surface area contributed by atoms with Gasteiger partial charge in [0.05, 0.1) is 11.4 Å². The third kappa shape index (κ3) is 1.42. The molecule has 2 aromatic heterocycles. The van der Waals surface area contributed by atoms with E-state index in [-0.39, 0.29) is 0 Å². The first-order valence-electron chi connectivity index (χ1n) is 4.36. The largest absolute Gasteiger partial charge is 0.237 e. The molecule has 0 atom stereocenters. The Bertz CT molecular complexity index is 448. The SMILES string of the molecule is Cc1nn(-c2ccccn2)c(C)c1S. The van der Waals surface area contributed by atoms with Crippen molar-refractivity contribution in [2.45, 2.75) is 18.7 Å². The van der Waals surface area contributed by atoms with Gasteiger partial charge in [-0.1, -0.05) is 6.07 Å². The highest BCUT2D eigenvalue weighted by Crippen LogP contribution is 2.19. The average molecular weight is 205 g/mol. The number of rotatable bonds is 1. The normalized spacial score (nSPS) is 10.5. The minimum atomic E-state index is 0.827. The number of hydrogen-bond acceptors (Lipinski definition) is 3. The molecular formula is C10H11N3S. The van der Waals surface area contributed by atoms with Crippen LogP contribution in [0.2, 0.25) is 0 Å². The van der Waals surface area contributed by atoms with Crippen molar-refractivity contribution in [2.24, 2.45) is 0 Å². The molecule has 0 spiro atoms. The maximum absolute atomic E-state index is 4.37. The van der Waals surface area contributed by atoms with Gasteiger partial charge in [-0.15, -0.1) is 12.6 Å². The van der Waals surface area contributed by atoms with E-state index in [9.17, 15) is 0 Å². The third-order valence-corrected chi connectivity index (χ3v) is 2.77. The molecule has 0 radical (unpaired) electrons. The Kier molecular flexibility index (Phi) is 2.29. The van der Waals surface area contributed by atoms with Gasteiger partial charge in [-0.3, -0.25) is 0 Å². The first kappa shape index (κ1) is 9.27. The molecule has 0 aliphatic heterocycles. The highest BCUT2D eigenvalue weighted by molar-refractivity contribution is 7.80. The van der Waals surface area contributed by atoms with E-state index in [1.807, 2.05) is 32.0 Å². The van der Waals surface area contributed by atoms with Crippen molar-refractivity contribution in [3.8, 4) is 5.82 Å². The minimum Gasteiger partial charge on any atom is -0.237 e. The Hall–Kier alpha value is -1.29. The van der Waals surface area contributed by atoms with Crippen LogP contribution in [-0.2, 0) is 0 Å². The maximum Gasteiger partial charge on any atom is 0.153 e. The highest BCUT2D eigenvalue weighted by atomic mass is 32.1. The van der Waals surface area contributed by atoms with Crippen molar-refractivity contribution in [3.05, 3.63) is 35.8 Å². The third-order valence-electron chi connectivity index (χ3n) is 2.12. The van der Waals surface area contributed by atoms with E-state index >= 15 is 0 Å². The fourth-order valence-corrected chi connectivity index (χ4v) is 1.48. The lowest BCUT2D eigenvalue weighted by molar-refractivity contribution is 0.805. The Balaban J connectivity index is 2.58. The molecule has 0 aliphatic carbocycles. The molecule has 0 saturated carbocycles. The first-order chi connectivity index (χ1) is 6.70. The van der Waals surface area contributed by atoms with Crippen LogP contribution >= 0.6 is 12.6 Å². The van der Waals surface area contributed by atoms with Crippen molar-refractivity contribution in [1.82, 2.24) is 14.8 Å². The second-order valence-corrected chi connectivity index (χ2v) is 3.57. The van der Waals surface area contributed by atoms with Crippen LogP contribution in [0.25, 0.3) is 5.82 Å². The number of thiol groups is 1. The predicted molar refractivity (Wildman–Crippen MR) is 58.1 cm³/mol. The van der Waals surface area contributed by atoms with E-state index in [0.29, 0.717) is 0 Å². The van der Waals surface area contributed by atoms with Gasteiger partial charge < -0.3 is 0 Å². The maximum atomic E-state index is 4.37. The zero-order valence-electron chi connectivity index (χ0n) is 8.10. The molecule has 0 aromatic carbocycles. The van der Waals surface area contributed by atoms with E-state index in [2.05, 4.69) is 22.7 Å². The zero-order valence-corrected chi connectivity index (χ0v) is 8.99. The molecule has 0 saturated heterocycles. The van der Waals surface area contributed by atoms with Gasteiger partial charge in [0, 0.05) is 11.1 Å². The number of hydrogen-bond donors (Lipinski definition) is 1. The van der Waals surface area contributed by atoms with Gasteiger partial charge >= 0.3 is 0 Å². The Labute approximate surface area is 88.2 Å². The molecule has 14 heavy (non-hydrogen) atoms. The van der Waals surface area contributed by atoms with Crippen molar-refractivity contribution in [3.63, 3.8) is 0 Å². The molecule has 0 fully saturated rings. The van der Waals surface area contributed by atoms with E-state index in [4.69, 9.17) is 0 Å². The predicted octanol–water partition coefficient (Wildman–Crippen LogP) is 2.17. The zero-order chi connectivity index (χ0) is 10.1. The summed E-state index contributed by atoms with van der Waals surface area (Å²) < 4.78 is 1.80. The van der Waals surface area contributed by atoms with Gasteiger partial charge in [-0.05, 0) is 26.0 Å². The van der Waals surface area contributed by atoms with Crippen molar-refractivity contribution in [1.29, 1.82) is 0 Å². The summed E-state index contributed by atoms with van der Waals surface area (Å²) >= 11 is 4.37. The Morgan fingerprint density at radius 3 is 2.57 bits per heavy atom. The van der Waals surface area contributed by atoms with Crippen LogP contribution in [0.3, 0.4) is 0 Å². The van der Waals surface area contributed by atoms with Crippen molar-refractivity contribution >= 4 is 12.6 Å². The molecule has 0 aliphatic rings. The quantitative estimate of drug-likeness (QED) is 0.723. The number of pyridine rings is 1. The van der Waals surface area contributed by atoms with Gasteiger partial charge in [0.25, 0.3) is 0 Å². The van der Waals surface area contributed by atoms with Crippen molar-refractivity contribution in [2.75, 3.05) is 0 Å². The Morgan fingerprint density at radius 1 is 1.29 bits per heavy atom. The summed E-state index contributed by atoms with van der Waals surface area (Å²) in [7, 11) is 0. The number of aryl methyl sites for hydroxylation is 1. The summed E-state index contributed by atoms with van der Waals surface area (Å²) in [5.41, 5.74) is 1.95.